The maximum atomic E-state index is 12.6. The Hall–Kier alpha value is -3.41. The number of benzene rings is 2. The monoisotopic (exact) mass is 442 g/mol. The Balaban J connectivity index is 1.83. The number of sulfonamides is 1. The molecule has 2 aromatic rings. The molecule has 0 bridgehead atoms. The summed E-state index contributed by atoms with van der Waals surface area (Å²) in [5.74, 6) is -2.95. The molecule has 0 radical (unpaired) electrons. The molecule has 0 atom stereocenters. The van der Waals surface area contributed by atoms with E-state index in [9.17, 15) is 36.0 Å². The molecule has 1 aliphatic rings. The minimum atomic E-state index is -4.55. The molecular formula is C18H13F3N2O6S. The summed E-state index contributed by atoms with van der Waals surface area (Å²) in [6, 6.07) is 6.87. The van der Waals surface area contributed by atoms with Gasteiger partial charge in [0.2, 0.25) is 0 Å². The highest BCUT2D eigenvalue weighted by Crippen LogP contribution is 2.33. The summed E-state index contributed by atoms with van der Waals surface area (Å²) in [5.41, 5.74) is -1.20. The third kappa shape index (κ3) is 3.99. The Morgan fingerprint density at radius 1 is 1.07 bits per heavy atom. The first-order valence-corrected chi connectivity index (χ1v) is 9.77. The summed E-state index contributed by atoms with van der Waals surface area (Å²) in [5, 5.41) is 11.1. The van der Waals surface area contributed by atoms with Crippen molar-refractivity contribution in [2.45, 2.75) is 17.5 Å². The van der Waals surface area contributed by atoms with E-state index in [1.165, 1.54) is 12.1 Å². The number of carboxylic acid groups (broad SMARTS) is 1. The summed E-state index contributed by atoms with van der Waals surface area (Å²) in [6.07, 6.45) is -5.13. The van der Waals surface area contributed by atoms with E-state index in [0.29, 0.717) is 4.31 Å². The number of fused-ring (bicyclic) bond motifs is 1. The van der Waals surface area contributed by atoms with Crippen LogP contribution in [0.2, 0.25) is 0 Å². The Morgan fingerprint density at radius 3 is 2.27 bits per heavy atom. The molecule has 0 aliphatic carbocycles. The zero-order valence-electron chi connectivity index (χ0n) is 14.9. The highest BCUT2D eigenvalue weighted by atomic mass is 32.2. The van der Waals surface area contributed by atoms with Gasteiger partial charge in [0, 0.05) is 17.8 Å². The van der Waals surface area contributed by atoms with E-state index in [-0.39, 0.29) is 16.8 Å². The lowest BCUT2D eigenvalue weighted by molar-refractivity contribution is -0.138. The maximum Gasteiger partial charge on any atom is 0.416 e. The third-order valence-electron chi connectivity index (χ3n) is 4.27. The predicted molar refractivity (Wildman–Crippen MR) is 96.3 cm³/mol. The van der Waals surface area contributed by atoms with E-state index in [1.807, 2.05) is 0 Å². The van der Waals surface area contributed by atoms with Crippen molar-refractivity contribution in [2.75, 3.05) is 11.9 Å². The minimum Gasteiger partial charge on any atom is -0.481 e. The van der Waals surface area contributed by atoms with E-state index in [2.05, 4.69) is 5.32 Å². The van der Waals surface area contributed by atoms with Gasteiger partial charge in [0.15, 0.2) is 0 Å². The largest absolute Gasteiger partial charge is 0.481 e. The fourth-order valence-electron chi connectivity index (χ4n) is 2.79. The highest BCUT2D eigenvalue weighted by molar-refractivity contribution is 7.90. The van der Waals surface area contributed by atoms with E-state index < -0.39 is 57.4 Å². The lowest BCUT2D eigenvalue weighted by Gasteiger charge is -2.13. The number of aliphatic carboxylic acids is 1. The number of halogens is 3. The molecule has 0 saturated carbocycles. The number of carbonyl (C=O) groups excluding carboxylic acids is 2. The molecule has 3 rings (SSSR count). The molecule has 8 nitrogen and oxygen atoms in total. The van der Waals surface area contributed by atoms with Crippen LogP contribution in [0.4, 0.5) is 18.9 Å². The molecule has 158 valence electrons. The number of nitrogens with one attached hydrogen (secondary N) is 1. The van der Waals surface area contributed by atoms with Crippen molar-refractivity contribution in [3.8, 4) is 0 Å². The van der Waals surface area contributed by atoms with E-state index in [0.717, 1.165) is 30.3 Å². The van der Waals surface area contributed by atoms with Gasteiger partial charge in [-0.15, -0.1) is 0 Å². The van der Waals surface area contributed by atoms with Crippen LogP contribution in [0.5, 0.6) is 0 Å². The molecular weight excluding hydrogens is 429 g/mol. The van der Waals surface area contributed by atoms with Crippen LogP contribution in [-0.4, -0.2) is 42.2 Å². The van der Waals surface area contributed by atoms with Gasteiger partial charge in [-0.2, -0.15) is 13.2 Å². The van der Waals surface area contributed by atoms with Crippen LogP contribution >= 0.6 is 0 Å². The summed E-state index contributed by atoms with van der Waals surface area (Å²) >= 11 is 0. The lowest BCUT2D eigenvalue weighted by atomic mass is 10.1. The number of carbonyl (C=O) groups is 3. The quantitative estimate of drug-likeness (QED) is 0.734. The van der Waals surface area contributed by atoms with Crippen molar-refractivity contribution in [1.29, 1.82) is 0 Å². The molecule has 1 aliphatic heterocycles. The summed E-state index contributed by atoms with van der Waals surface area (Å²) < 4.78 is 63.3. The second-order valence-electron chi connectivity index (χ2n) is 6.27. The molecule has 0 saturated heterocycles. The van der Waals surface area contributed by atoms with Crippen LogP contribution in [0, 0.1) is 0 Å². The first kappa shape index (κ1) is 21.3. The van der Waals surface area contributed by atoms with E-state index in [1.54, 1.807) is 0 Å². The van der Waals surface area contributed by atoms with Crippen LogP contribution in [0.1, 0.15) is 32.7 Å². The minimum absolute atomic E-state index is 0.00453. The predicted octanol–water partition coefficient (Wildman–Crippen LogP) is 2.58. The van der Waals surface area contributed by atoms with Crippen LogP contribution in [0.15, 0.2) is 47.4 Å². The smallest absolute Gasteiger partial charge is 0.416 e. The van der Waals surface area contributed by atoms with Gasteiger partial charge < -0.3 is 10.4 Å². The van der Waals surface area contributed by atoms with Gasteiger partial charge in [0.25, 0.3) is 21.8 Å². The first-order valence-electron chi connectivity index (χ1n) is 8.33. The zero-order valence-corrected chi connectivity index (χ0v) is 15.7. The van der Waals surface area contributed by atoms with Crippen molar-refractivity contribution < 1.29 is 41.1 Å². The fraction of sp³-hybridized carbons (Fsp3) is 0.167. The highest BCUT2D eigenvalue weighted by Gasteiger charge is 2.41. The maximum absolute atomic E-state index is 12.6. The van der Waals surface area contributed by atoms with Crippen molar-refractivity contribution in [3.63, 3.8) is 0 Å². The molecule has 12 heteroatoms. The van der Waals surface area contributed by atoms with E-state index >= 15 is 0 Å². The Labute approximate surface area is 168 Å². The van der Waals surface area contributed by atoms with Gasteiger partial charge in [0.05, 0.1) is 17.5 Å². The molecule has 2 N–H and O–H groups in total. The van der Waals surface area contributed by atoms with Crippen molar-refractivity contribution >= 4 is 33.5 Å². The Bertz CT molecular complexity index is 1140. The molecule has 30 heavy (non-hydrogen) atoms. The number of amides is 2. The number of hydrogen-bond acceptors (Lipinski definition) is 5. The topological polar surface area (TPSA) is 121 Å². The molecule has 0 unspecified atom stereocenters. The van der Waals surface area contributed by atoms with Crippen molar-refractivity contribution in [1.82, 2.24) is 4.31 Å². The van der Waals surface area contributed by atoms with Gasteiger partial charge in [-0.25, -0.2) is 12.7 Å². The second kappa shape index (κ2) is 7.44. The fourth-order valence-corrected chi connectivity index (χ4v) is 4.38. The van der Waals surface area contributed by atoms with Crippen LogP contribution in [-0.2, 0) is 21.0 Å². The molecule has 2 amide bonds. The molecule has 1 heterocycles. The van der Waals surface area contributed by atoms with Crippen molar-refractivity contribution in [2.24, 2.45) is 0 Å². The SMILES string of the molecule is O=C(O)CCN1C(=O)c2ccc(NC(=O)c3ccc(C(F)(F)F)cc3)cc2S1(=O)=O. The Morgan fingerprint density at radius 2 is 1.70 bits per heavy atom. The number of anilines is 1. The average molecular weight is 442 g/mol. The number of alkyl halides is 3. The summed E-state index contributed by atoms with van der Waals surface area (Å²) in [7, 11) is -4.29. The molecule has 0 fully saturated rings. The van der Waals surface area contributed by atoms with Crippen LogP contribution in [0.25, 0.3) is 0 Å². The normalized spacial score (nSPS) is 15.0. The molecule has 2 aromatic carbocycles. The number of carboxylic acids is 1. The molecule has 0 spiro atoms. The summed E-state index contributed by atoms with van der Waals surface area (Å²) in [6.45, 7) is -0.543. The first-order chi connectivity index (χ1) is 13.9. The van der Waals surface area contributed by atoms with E-state index in [4.69, 9.17) is 5.11 Å². The lowest BCUT2D eigenvalue weighted by Crippen LogP contribution is -2.32. The van der Waals surface area contributed by atoms with Gasteiger partial charge in [-0.3, -0.25) is 14.4 Å². The second-order valence-corrected chi connectivity index (χ2v) is 8.10. The number of nitrogens with zero attached hydrogens (tertiary/aromatic N) is 1. The summed E-state index contributed by atoms with van der Waals surface area (Å²) in [4.78, 5) is 34.8. The van der Waals surface area contributed by atoms with Crippen LogP contribution < -0.4 is 5.32 Å². The average Bonchev–Trinajstić information content (AvgIpc) is 2.85. The third-order valence-corrected chi connectivity index (χ3v) is 6.09. The van der Waals surface area contributed by atoms with Crippen molar-refractivity contribution in [3.05, 3.63) is 59.2 Å². The van der Waals surface area contributed by atoms with Gasteiger partial charge in [-0.1, -0.05) is 0 Å². The van der Waals surface area contributed by atoms with Gasteiger partial charge in [0.1, 0.15) is 4.90 Å². The molecule has 0 aromatic heterocycles. The van der Waals surface area contributed by atoms with Gasteiger partial charge in [-0.05, 0) is 42.5 Å². The zero-order chi connectivity index (χ0) is 22.3. The number of hydrogen-bond donors (Lipinski definition) is 2. The number of rotatable bonds is 5. The standard InChI is InChI=1S/C18H13F3N2O6S/c19-18(20,21)11-3-1-10(2-4-11)16(26)22-12-5-6-13-14(9-12)30(28,29)23(17(13)27)8-7-15(24)25/h1-6,9H,7-8H2,(H,22,26)(H,24,25). The van der Waals surface area contributed by atoms with Gasteiger partial charge >= 0.3 is 12.1 Å². The van der Waals surface area contributed by atoms with Crippen LogP contribution in [0.3, 0.4) is 0 Å². The Kier molecular flexibility index (Phi) is 5.29.